The van der Waals surface area contributed by atoms with E-state index in [0.29, 0.717) is 27.6 Å². The van der Waals surface area contributed by atoms with E-state index in [1.165, 1.54) is 6.42 Å². The van der Waals surface area contributed by atoms with Gasteiger partial charge in [-0.25, -0.2) is 4.79 Å². The van der Waals surface area contributed by atoms with Crippen LogP contribution in [0.4, 0.5) is 17.3 Å². The van der Waals surface area contributed by atoms with Gasteiger partial charge in [0, 0.05) is 11.1 Å². The Morgan fingerprint density at radius 1 is 1.19 bits per heavy atom. The number of fused-ring (bicyclic) bond motifs is 1. The summed E-state index contributed by atoms with van der Waals surface area (Å²) in [6.07, 6.45) is 5.32. The molecule has 136 valence electrons. The molecule has 0 saturated heterocycles. The molecule has 26 heavy (non-hydrogen) atoms. The number of benzene rings is 1. The lowest BCUT2D eigenvalue weighted by atomic mass is 9.95. The van der Waals surface area contributed by atoms with Crippen LogP contribution in [0.5, 0.6) is 0 Å². The van der Waals surface area contributed by atoms with Crippen molar-refractivity contribution in [1.29, 1.82) is 0 Å². The summed E-state index contributed by atoms with van der Waals surface area (Å²) in [6.45, 7) is 0. The van der Waals surface area contributed by atoms with E-state index in [4.69, 9.17) is 28.9 Å². The van der Waals surface area contributed by atoms with Crippen LogP contribution in [-0.4, -0.2) is 19.5 Å². The van der Waals surface area contributed by atoms with Gasteiger partial charge in [0.25, 0.3) is 0 Å². The van der Waals surface area contributed by atoms with Gasteiger partial charge < -0.3 is 16.0 Å². The van der Waals surface area contributed by atoms with Crippen molar-refractivity contribution in [1.82, 2.24) is 19.5 Å². The van der Waals surface area contributed by atoms with E-state index in [2.05, 4.69) is 20.3 Å². The van der Waals surface area contributed by atoms with Crippen LogP contribution in [0.25, 0.3) is 11.2 Å². The molecule has 0 spiro atoms. The standard InChI is InChI=1S/C17H18Cl2N6O/c18-9-6-7-11(20)12(8-9)21-16-23-14(19)13-15(24-16)25(17(26)22-13)10-4-2-1-3-5-10/h6-8,10H,1-5,20H2,(H,22,26)(H,21,23,24). The van der Waals surface area contributed by atoms with E-state index in [9.17, 15) is 4.79 Å². The van der Waals surface area contributed by atoms with Crippen LogP contribution in [0.1, 0.15) is 38.1 Å². The maximum atomic E-state index is 12.5. The van der Waals surface area contributed by atoms with Crippen LogP contribution < -0.4 is 16.7 Å². The highest BCUT2D eigenvalue weighted by molar-refractivity contribution is 6.33. The first-order chi connectivity index (χ1) is 12.5. The second-order valence-electron chi connectivity index (χ2n) is 6.49. The first-order valence-electron chi connectivity index (χ1n) is 8.53. The number of nitrogen functional groups attached to an aromatic ring is 1. The number of hydrogen-bond donors (Lipinski definition) is 3. The predicted molar refractivity (Wildman–Crippen MR) is 104 cm³/mol. The van der Waals surface area contributed by atoms with Gasteiger partial charge in [-0.05, 0) is 31.0 Å². The third-order valence-corrected chi connectivity index (χ3v) is 5.23. The van der Waals surface area contributed by atoms with Crippen molar-refractivity contribution in [2.45, 2.75) is 38.1 Å². The highest BCUT2D eigenvalue weighted by Crippen LogP contribution is 2.31. The molecule has 4 rings (SSSR count). The SMILES string of the molecule is Nc1ccc(Cl)cc1Nc1nc(Cl)c2[nH]c(=O)n(C3CCCCC3)c2n1. The fraction of sp³-hybridized carbons (Fsp3) is 0.353. The number of nitrogens with one attached hydrogen (secondary N) is 2. The van der Waals surface area contributed by atoms with E-state index in [1.54, 1.807) is 22.8 Å². The number of rotatable bonds is 3. The maximum absolute atomic E-state index is 12.5. The summed E-state index contributed by atoms with van der Waals surface area (Å²) in [5.41, 5.74) is 7.80. The number of halogens is 2. The van der Waals surface area contributed by atoms with Gasteiger partial charge in [-0.2, -0.15) is 9.97 Å². The molecule has 2 heterocycles. The molecule has 0 radical (unpaired) electrons. The summed E-state index contributed by atoms with van der Waals surface area (Å²) >= 11 is 12.3. The molecule has 9 heteroatoms. The minimum atomic E-state index is -0.206. The molecular weight excluding hydrogens is 375 g/mol. The van der Waals surface area contributed by atoms with E-state index in [-0.39, 0.29) is 22.8 Å². The van der Waals surface area contributed by atoms with Crippen molar-refractivity contribution in [2.24, 2.45) is 0 Å². The molecule has 3 aromatic rings. The molecule has 1 aliphatic rings. The lowest BCUT2D eigenvalue weighted by Crippen LogP contribution is -2.24. The van der Waals surface area contributed by atoms with Gasteiger partial charge in [0.05, 0.1) is 11.4 Å². The van der Waals surface area contributed by atoms with Gasteiger partial charge in [-0.1, -0.05) is 42.5 Å². The Labute approximate surface area is 159 Å². The average Bonchev–Trinajstić information content (AvgIpc) is 2.95. The molecule has 0 bridgehead atoms. The minimum Gasteiger partial charge on any atom is -0.397 e. The van der Waals surface area contributed by atoms with Crippen molar-refractivity contribution in [3.8, 4) is 0 Å². The Morgan fingerprint density at radius 2 is 1.96 bits per heavy atom. The topological polar surface area (TPSA) is 102 Å². The van der Waals surface area contributed by atoms with Crippen molar-refractivity contribution in [3.63, 3.8) is 0 Å². The molecule has 2 aromatic heterocycles. The summed E-state index contributed by atoms with van der Waals surface area (Å²) in [6, 6.07) is 5.20. The van der Waals surface area contributed by atoms with Gasteiger partial charge in [-0.3, -0.25) is 4.57 Å². The normalized spacial score (nSPS) is 15.5. The van der Waals surface area contributed by atoms with Crippen LogP contribution >= 0.6 is 23.2 Å². The number of H-pyrrole nitrogens is 1. The number of imidazole rings is 1. The third-order valence-electron chi connectivity index (χ3n) is 4.73. The van der Waals surface area contributed by atoms with E-state index in [0.717, 1.165) is 25.7 Å². The first-order valence-corrected chi connectivity index (χ1v) is 9.28. The Hall–Kier alpha value is -2.25. The summed E-state index contributed by atoms with van der Waals surface area (Å²) < 4.78 is 1.70. The second-order valence-corrected chi connectivity index (χ2v) is 7.28. The number of anilines is 3. The van der Waals surface area contributed by atoms with Crippen molar-refractivity contribution >= 4 is 51.7 Å². The van der Waals surface area contributed by atoms with Crippen LogP contribution in [0.15, 0.2) is 23.0 Å². The fourth-order valence-corrected chi connectivity index (χ4v) is 3.84. The molecule has 0 amide bonds. The van der Waals surface area contributed by atoms with Crippen molar-refractivity contribution in [3.05, 3.63) is 38.9 Å². The zero-order chi connectivity index (χ0) is 18.3. The van der Waals surface area contributed by atoms with Crippen LogP contribution in [0.3, 0.4) is 0 Å². The quantitative estimate of drug-likeness (QED) is 0.456. The van der Waals surface area contributed by atoms with Crippen LogP contribution in [0, 0.1) is 0 Å². The fourth-order valence-electron chi connectivity index (χ4n) is 3.46. The molecule has 1 saturated carbocycles. The van der Waals surface area contributed by atoms with Crippen LogP contribution in [-0.2, 0) is 0 Å². The Kier molecular flexibility index (Phi) is 4.50. The molecule has 1 aromatic carbocycles. The third kappa shape index (κ3) is 3.12. The van der Waals surface area contributed by atoms with Gasteiger partial charge in [0.1, 0.15) is 5.52 Å². The average molecular weight is 393 g/mol. The minimum absolute atomic E-state index is 0.125. The van der Waals surface area contributed by atoms with Gasteiger partial charge in [0.15, 0.2) is 10.8 Å². The number of aromatic nitrogens is 4. The number of hydrogen-bond acceptors (Lipinski definition) is 5. The second kappa shape index (κ2) is 6.81. The van der Waals surface area contributed by atoms with E-state index < -0.39 is 0 Å². The van der Waals surface area contributed by atoms with Crippen LogP contribution in [0.2, 0.25) is 10.2 Å². The smallest absolute Gasteiger partial charge is 0.328 e. The summed E-state index contributed by atoms with van der Waals surface area (Å²) in [5, 5.41) is 3.76. The molecular formula is C17H18Cl2N6O. The van der Waals surface area contributed by atoms with Crippen molar-refractivity contribution in [2.75, 3.05) is 11.1 Å². The van der Waals surface area contributed by atoms with E-state index in [1.807, 2.05) is 0 Å². The molecule has 0 aliphatic heterocycles. The largest absolute Gasteiger partial charge is 0.397 e. The zero-order valence-corrected chi connectivity index (χ0v) is 15.4. The summed E-state index contributed by atoms with van der Waals surface area (Å²) in [5.74, 6) is 0.264. The highest BCUT2D eigenvalue weighted by Gasteiger charge is 2.22. The van der Waals surface area contributed by atoms with Crippen molar-refractivity contribution < 1.29 is 0 Å². The van der Waals surface area contributed by atoms with Gasteiger partial charge in [0.2, 0.25) is 5.95 Å². The number of nitrogens with two attached hydrogens (primary N) is 1. The molecule has 7 nitrogen and oxygen atoms in total. The number of aromatic amines is 1. The zero-order valence-electron chi connectivity index (χ0n) is 13.9. The Morgan fingerprint density at radius 3 is 2.73 bits per heavy atom. The predicted octanol–water partition coefficient (Wildman–Crippen LogP) is 4.26. The van der Waals surface area contributed by atoms with E-state index >= 15 is 0 Å². The first kappa shape index (κ1) is 17.2. The number of nitrogens with zero attached hydrogens (tertiary/aromatic N) is 3. The van der Waals surface area contributed by atoms with Gasteiger partial charge in [-0.15, -0.1) is 0 Å². The molecule has 1 fully saturated rings. The summed E-state index contributed by atoms with van der Waals surface area (Å²) in [4.78, 5) is 24.0. The lowest BCUT2D eigenvalue weighted by molar-refractivity contribution is 0.352. The van der Waals surface area contributed by atoms with Gasteiger partial charge >= 0.3 is 5.69 Å². The molecule has 0 unspecified atom stereocenters. The monoisotopic (exact) mass is 392 g/mol. The summed E-state index contributed by atoms with van der Waals surface area (Å²) in [7, 11) is 0. The Balaban J connectivity index is 1.79. The molecule has 1 aliphatic carbocycles. The highest BCUT2D eigenvalue weighted by atomic mass is 35.5. The Bertz CT molecular complexity index is 1020. The molecule has 0 atom stereocenters. The maximum Gasteiger partial charge on any atom is 0.328 e. The molecule has 4 N–H and O–H groups in total. The lowest BCUT2D eigenvalue weighted by Gasteiger charge is -2.22.